The molecule has 3 aromatic rings. The SMILES string of the molecule is NC(CCC(=O)O)C(=O)NC(Cc1ccc(O)cc1)C(=O)NC(Cc1ccc(O)cc1)C(=O)NC(Cc1cnc[nH]1)C(=O)O. The van der Waals surface area contributed by atoms with Crippen LogP contribution in [0, 0.1) is 0 Å². The normalized spacial score (nSPS) is 13.6. The Kier molecular flexibility index (Phi) is 11.8. The summed E-state index contributed by atoms with van der Waals surface area (Å²) in [6.45, 7) is 0. The number of imidazole rings is 1. The monoisotopic (exact) mass is 610 g/mol. The Morgan fingerprint density at radius 1 is 0.727 bits per heavy atom. The molecule has 4 atom stereocenters. The zero-order chi connectivity index (χ0) is 32.2. The van der Waals surface area contributed by atoms with E-state index in [0.29, 0.717) is 16.8 Å². The summed E-state index contributed by atoms with van der Waals surface area (Å²) in [5.41, 5.74) is 7.36. The van der Waals surface area contributed by atoms with Crippen molar-refractivity contribution in [3.63, 3.8) is 0 Å². The zero-order valence-corrected chi connectivity index (χ0v) is 23.5. The number of phenols is 2. The third-order valence-corrected chi connectivity index (χ3v) is 6.62. The molecule has 1 heterocycles. The molecular formula is C29H34N6O9. The molecule has 0 aliphatic heterocycles. The molecule has 2 aromatic carbocycles. The summed E-state index contributed by atoms with van der Waals surface area (Å²) in [6, 6.07) is 6.42. The van der Waals surface area contributed by atoms with Crippen LogP contribution in [0.5, 0.6) is 11.5 Å². The Balaban J connectivity index is 1.85. The smallest absolute Gasteiger partial charge is 0.326 e. The zero-order valence-electron chi connectivity index (χ0n) is 23.5. The minimum atomic E-state index is -1.37. The second-order valence-electron chi connectivity index (χ2n) is 10.1. The molecule has 0 saturated carbocycles. The van der Waals surface area contributed by atoms with E-state index in [1.54, 1.807) is 0 Å². The van der Waals surface area contributed by atoms with Crippen molar-refractivity contribution in [2.75, 3.05) is 0 Å². The van der Waals surface area contributed by atoms with Gasteiger partial charge in [-0.3, -0.25) is 19.2 Å². The molecule has 0 saturated heterocycles. The summed E-state index contributed by atoms with van der Waals surface area (Å²) >= 11 is 0. The van der Waals surface area contributed by atoms with Gasteiger partial charge in [-0.05, 0) is 41.8 Å². The molecule has 0 fully saturated rings. The van der Waals surface area contributed by atoms with Crippen LogP contribution in [0.4, 0.5) is 0 Å². The first-order chi connectivity index (χ1) is 20.9. The van der Waals surface area contributed by atoms with Crippen molar-refractivity contribution < 1.29 is 44.4 Å². The van der Waals surface area contributed by atoms with Gasteiger partial charge in [0.2, 0.25) is 17.7 Å². The maximum atomic E-state index is 13.6. The fraction of sp³-hybridized carbons (Fsp3) is 0.310. The number of aromatic nitrogens is 2. The highest BCUT2D eigenvalue weighted by molar-refractivity contribution is 5.94. The number of carbonyl (C=O) groups is 5. The molecule has 0 spiro atoms. The Morgan fingerprint density at radius 2 is 1.20 bits per heavy atom. The van der Waals surface area contributed by atoms with Gasteiger partial charge >= 0.3 is 11.9 Å². The Labute approximate surface area is 251 Å². The number of amides is 3. The molecule has 15 nitrogen and oxygen atoms in total. The van der Waals surface area contributed by atoms with Crippen LogP contribution >= 0.6 is 0 Å². The van der Waals surface area contributed by atoms with Gasteiger partial charge in [-0.1, -0.05) is 24.3 Å². The number of H-pyrrole nitrogens is 1. The van der Waals surface area contributed by atoms with Gasteiger partial charge in [0.05, 0.1) is 12.4 Å². The fourth-order valence-corrected chi connectivity index (χ4v) is 4.20. The number of hydrogen-bond donors (Lipinski definition) is 9. The molecule has 0 aliphatic carbocycles. The van der Waals surface area contributed by atoms with Crippen molar-refractivity contribution in [2.45, 2.75) is 56.3 Å². The predicted octanol–water partition coefficient (Wildman–Crippen LogP) is -0.420. The Morgan fingerprint density at radius 3 is 1.64 bits per heavy atom. The van der Waals surface area contributed by atoms with E-state index in [4.69, 9.17) is 10.8 Å². The Bertz CT molecular complexity index is 1430. The van der Waals surface area contributed by atoms with Crippen molar-refractivity contribution in [3.05, 3.63) is 77.9 Å². The van der Waals surface area contributed by atoms with Crippen molar-refractivity contribution in [1.82, 2.24) is 25.9 Å². The van der Waals surface area contributed by atoms with Crippen LogP contribution in [-0.2, 0) is 43.2 Å². The molecule has 44 heavy (non-hydrogen) atoms. The molecule has 15 heteroatoms. The predicted molar refractivity (Wildman–Crippen MR) is 154 cm³/mol. The highest BCUT2D eigenvalue weighted by Gasteiger charge is 2.31. The number of carbonyl (C=O) groups excluding carboxylic acids is 3. The molecule has 3 amide bonds. The Hall–Kier alpha value is -5.44. The third-order valence-electron chi connectivity index (χ3n) is 6.62. The second-order valence-corrected chi connectivity index (χ2v) is 10.1. The minimum Gasteiger partial charge on any atom is -0.508 e. The van der Waals surface area contributed by atoms with Gasteiger partial charge in [-0.2, -0.15) is 0 Å². The van der Waals surface area contributed by atoms with E-state index in [9.17, 15) is 39.3 Å². The van der Waals surface area contributed by atoms with Crippen molar-refractivity contribution >= 4 is 29.7 Å². The number of aromatic hydroxyl groups is 2. The largest absolute Gasteiger partial charge is 0.508 e. The first-order valence-electron chi connectivity index (χ1n) is 13.6. The van der Waals surface area contributed by atoms with E-state index in [1.807, 2.05) is 0 Å². The minimum absolute atomic E-state index is 0.0248. The van der Waals surface area contributed by atoms with E-state index in [2.05, 4.69) is 25.9 Å². The molecule has 4 unspecified atom stereocenters. The quantitative estimate of drug-likeness (QED) is 0.101. The first-order valence-corrected chi connectivity index (χ1v) is 13.6. The molecule has 1 aromatic heterocycles. The van der Waals surface area contributed by atoms with Gasteiger partial charge in [-0.25, -0.2) is 9.78 Å². The number of carboxylic acid groups (broad SMARTS) is 2. The van der Waals surface area contributed by atoms with E-state index < -0.39 is 53.8 Å². The van der Waals surface area contributed by atoms with Crippen LogP contribution < -0.4 is 21.7 Å². The number of carboxylic acids is 2. The summed E-state index contributed by atoms with van der Waals surface area (Å²) < 4.78 is 0. The van der Waals surface area contributed by atoms with Gasteiger partial charge in [0, 0.05) is 37.6 Å². The topological polar surface area (TPSA) is 257 Å². The molecular weight excluding hydrogens is 576 g/mol. The summed E-state index contributed by atoms with van der Waals surface area (Å²) in [6.07, 6.45) is 1.90. The second kappa shape index (κ2) is 15.7. The maximum Gasteiger partial charge on any atom is 0.326 e. The summed E-state index contributed by atoms with van der Waals surface area (Å²) in [5, 5.41) is 45.5. The lowest BCUT2D eigenvalue weighted by atomic mass is 10.0. The number of phenolic OH excluding ortho intramolecular Hbond substituents is 2. The third kappa shape index (κ3) is 10.4. The van der Waals surface area contributed by atoms with Crippen LogP contribution in [0.15, 0.2) is 61.1 Å². The molecule has 0 bridgehead atoms. The summed E-state index contributed by atoms with van der Waals surface area (Å²) in [5.74, 6) is -4.96. The summed E-state index contributed by atoms with van der Waals surface area (Å²) in [4.78, 5) is 69.3. The number of nitrogens with one attached hydrogen (secondary N) is 4. The molecule has 0 radical (unpaired) electrons. The highest BCUT2D eigenvalue weighted by atomic mass is 16.4. The number of nitrogens with zero attached hydrogens (tertiary/aromatic N) is 1. The highest BCUT2D eigenvalue weighted by Crippen LogP contribution is 2.14. The summed E-state index contributed by atoms with van der Waals surface area (Å²) in [7, 11) is 0. The number of rotatable bonds is 16. The average molecular weight is 611 g/mol. The number of benzene rings is 2. The lowest BCUT2D eigenvalue weighted by Crippen LogP contribution is -2.58. The number of nitrogens with two attached hydrogens (primary N) is 1. The molecule has 10 N–H and O–H groups in total. The average Bonchev–Trinajstić information content (AvgIpc) is 3.50. The standard InChI is InChI=1S/C29H34N6O9/c30-21(9-10-25(38)39)26(40)33-22(11-16-1-5-19(36)6-2-16)27(41)34-23(12-17-3-7-20(37)8-4-17)28(42)35-24(29(43)44)13-18-14-31-15-32-18/h1-8,14-15,21-24,36-37H,9-13,30H2,(H,31,32)(H,33,40)(H,34,41)(H,35,42)(H,38,39)(H,43,44). The first kappa shape index (κ1) is 33.1. The van der Waals surface area contributed by atoms with Gasteiger partial charge < -0.3 is 47.1 Å². The number of aromatic amines is 1. The van der Waals surface area contributed by atoms with E-state index in [0.717, 1.165) is 0 Å². The van der Waals surface area contributed by atoms with E-state index >= 15 is 0 Å². The number of aliphatic carboxylic acids is 2. The number of hydrogen-bond acceptors (Lipinski definition) is 9. The van der Waals surface area contributed by atoms with Gasteiger partial charge in [0.15, 0.2) is 0 Å². The van der Waals surface area contributed by atoms with E-state index in [1.165, 1.54) is 61.1 Å². The lowest BCUT2D eigenvalue weighted by molar-refractivity contribution is -0.142. The fourth-order valence-electron chi connectivity index (χ4n) is 4.20. The maximum absolute atomic E-state index is 13.6. The van der Waals surface area contributed by atoms with Crippen molar-refractivity contribution in [1.29, 1.82) is 0 Å². The van der Waals surface area contributed by atoms with Crippen LogP contribution in [0.3, 0.4) is 0 Å². The van der Waals surface area contributed by atoms with Gasteiger partial charge in [0.25, 0.3) is 0 Å². The van der Waals surface area contributed by atoms with Gasteiger partial charge in [0.1, 0.15) is 29.6 Å². The van der Waals surface area contributed by atoms with Gasteiger partial charge in [-0.15, -0.1) is 0 Å². The van der Waals surface area contributed by atoms with Crippen LogP contribution in [0.1, 0.15) is 29.7 Å². The van der Waals surface area contributed by atoms with E-state index in [-0.39, 0.29) is 43.6 Å². The van der Waals surface area contributed by atoms with Crippen molar-refractivity contribution in [3.8, 4) is 11.5 Å². The van der Waals surface area contributed by atoms with Crippen molar-refractivity contribution in [2.24, 2.45) is 5.73 Å². The lowest BCUT2D eigenvalue weighted by Gasteiger charge is -2.25. The van der Waals surface area contributed by atoms with Crippen LogP contribution in [0.25, 0.3) is 0 Å². The molecule has 3 rings (SSSR count). The van der Waals surface area contributed by atoms with Crippen LogP contribution in [-0.4, -0.2) is 84.2 Å². The van der Waals surface area contributed by atoms with Crippen LogP contribution in [0.2, 0.25) is 0 Å². The molecule has 0 aliphatic rings. The molecule has 234 valence electrons.